The van der Waals surface area contributed by atoms with Crippen LogP contribution in [0.15, 0.2) is 77.7 Å². The molecule has 0 atom stereocenters. The molecule has 5 heteroatoms. The molecule has 0 aliphatic heterocycles. The van der Waals surface area contributed by atoms with Crippen LogP contribution in [0, 0.1) is 0 Å². The van der Waals surface area contributed by atoms with Crippen LogP contribution in [0.25, 0.3) is 45.6 Å². The second-order valence-electron chi connectivity index (χ2n) is 7.94. The molecule has 0 aliphatic rings. The van der Waals surface area contributed by atoms with Gasteiger partial charge in [0.15, 0.2) is 0 Å². The van der Waals surface area contributed by atoms with Crippen molar-refractivity contribution < 1.29 is 0 Å². The number of pyridine rings is 1. The van der Waals surface area contributed by atoms with Crippen LogP contribution in [0.2, 0.25) is 0 Å². The van der Waals surface area contributed by atoms with Gasteiger partial charge in [-0.3, -0.25) is 15.1 Å². The smallest absolute Gasteiger partial charge is 0.116 e. The summed E-state index contributed by atoms with van der Waals surface area (Å²) in [6.07, 6.45) is 9.61. The molecule has 32 heavy (non-hydrogen) atoms. The van der Waals surface area contributed by atoms with Crippen LogP contribution >= 0.6 is 0 Å². The molecule has 5 nitrogen and oxygen atoms in total. The number of H-pyrrole nitrogens is 2. The Kier molecular flexibility index (Phi) is 5.99. The summed E-state index contributed by atoms with van der Waals surface area (Å²) < 4.78 is 0. The van der Waals surface area contributed by atoms with Gasteiger partial charge in [-0.05, 0) is 68.7 Å². The number of nitrogens with one attached hydrogen (secondary N) is 2. The summed E-state index contributed by atoms with van der Waals surface area (Å²) >= 11 is 0. The van der Waals surface area contributed by atoms with Crippen molar-refractivity contribution in [2.45, 2.75) is 27.7 Å². The third-order valence-corrected chi connectivity index (χ3v) is 5.36. The Morgan fingerprint density at radius 2 is 1.97 bits per heavy atom. The molecule has 0 radical (unpaired) electrons. The highest BCUT2D eigenvalue weighted by atomic mass is 15.1. The number of benzene rings is 1. The van der Waals surface area contributed by atoms with Gasteiger partial charge in [0.1, 0.15) is 5.69 Å². The van der Waals surface area contributed by atoms with Gasteiger partial charge in [-0.15, -0.1) is 0 Å². The molecule has 0 bridgehead atoms. The molecular formula is C27H27N5. The van der Waals surface area contributed by atoms with Crippen molar-refractivity contribution in [3.8, 4) is 22.5 Å². The molecular weight excluding hydrogens is 394 g/mol. The quantitative estimate of drug-likeness (QED) is 0.346. The fourth-order valence-corrected chi connectivity index (χ4v) is 3.59. The van der Waals surface area contributed by atoms with E-state index < -0.39 is 0 Å². The second kappa shape index (κ2) is 9.02. The van der Waals surface area contributed by atoms with Gasteiger partial charge < -0.3 is 4.98 Å². The van der Waals surface area contributed by atoms with E-state index in [1.54, 1.807) is 6.20 Å². The Morgan fingerprint density at radius 1 is 1.12 bits per heavy atom. The van der Waals surface area contributed by atoms with Crippen LogP contribution in [0.1, 0.15) is 27.7 Å². The average Bonchev–Trinajstić information content (AvgIpc) is 3.41. The van der Waals surface area contributed by atoms with E-state index >= 15 is 0 Å². The van der Waals surface area contributed by atoms with Crippen molar-refractivity contribution in [3.63, 3.8) is 0 Å². The lowest BCUT2D eigenvalue weighted by Gasteiger charge is -2.02. The predicted octanol–water partition coefficient (Wildman–Crippen LogP) is 5.14. The van der Waals surface area contributed by atoms with Crippen molar-refractivity contribution in [1.82, 2.24) is 20.2 Å². The average molecular weight is 422 g/mol. The number of aliphatic imine (C=N–C) groups is 1. The van der Waals surface area contributed by atoms with Gasteiger partial charge in [0, 0.05) is 46.0 Å². The summed E-state index contributed by atoms with van der Waals surface area (Å²) in [4.78, 5) is 12.2. The molecule has 4 rings (SSSR count). The van der Waals surface area contributed by atoms with E-state index in [2.05, 4.69) is 68.1 Å². The standard InChI is InChI=1S/C27H27N5/c1-6-24-23(13-18(4)19(5)15-29-17(2)3)27(32-31-24)26-14-22-21(10-7-11-25(22)30-26)20-9-8-12-28-16-20/h6-16,30-31H,4H2,1-3,5H3/b19-15+,23-13+,24-6+. The number of aromatic nitrogens is 4. The van der Waals surface area contributed by atoms with E-state index in [4.69, 9.17) is 0 Å². The maximum Gasteiger partial charge on any atom is 0.116 e. The number of aromatic amines is 2. The number of nitrogens with zero attached hydrogens (tertiary/aromatic N) is 3. The van der Waals surface area contributed by atoms with Crippen LogP contribution in [-0.2, 0) is 0 Å². The zero-order valence-electron chi connectivity index (χ0n) is 18.9. The molecule has 0 amide bonds. The highest BCUT2D eigenvalue weighted by Gasteiger charge is 2.12. The molecule has 0 aliphatic carbocycles. The zero-order chi connectivity index (χ0) is 22.7. The van der Waals surface area contributed by atoms with Crippen LogP contribution in [0.3, 0.4) is 0 Å². The summed E-state index contributed by atoms with van der Waals surface area (Å²) in [5.41, 5.74) is 7.99. The van der Waals surface area contributed by atoms with Crippen LogP contribution in [0.5, 0.6) is 0 Å². The van der Waals surface area contributed by atoms with Crippen molar-refractivity contribution in [2.24, 2.45) is 4.99 Å². The maximum atomic E-state index is 4.62. The van der Waals surface area contributed by atoms with E-state index in [1.165, 1.54) is 0 Å². The van der Waals surface area contributed by atoms with E-state index in [0.717, 1.165) is 60.8 Å². The molecule has 1 aromatic carbocycles. The normalized spacial score (nSPS) is 13.1. The van der Waals surface area contributed by atoms with Crippen molar-refractivity contribution in [2.75, 3.05) is 0 Å². The van der Waals surface area contributed by atoms with Gasteiger partial charge in [-0.1, -0.05) is 30.9 Å². The van der Waals surface area contributed by atoms with Gasteiger partial charge in [0.25, 0.3) is 0 Å². The molecule has 0 fully saturated rings. The van der Waals surface area contributed by atoms with Gasteiger partial charge in [0.05, 0.1) is 11.0 Å². The lowest BCUT2D eigenvalue weighted by molar-refractivity contribution is 1.06. The van der Waals surface area contributed by atoms with Crippen LogP contribution in [0.4, 0.5) is 0 Å². The third-order valence-electron chi connectivity index (χ3n) is 5.36. The number of hydrogen-bond acceptors (Lipinski definition) is 3. The summed E-state index contributed by atoms with van der Waals surface area (Å²) in [7, 11) is 0. The van der Waals surface area contributed by atoms with Gasteiger partial charge in [-0.25, -0.2) is 0 Å². The Bertz CT molecular complexity index is 1460. The van der Waals surface area contributed by atoms with Crippen molar-refractivity contribution in [3.05, 3.63) is 83.3 Å². The van der Waals surface area contributed by atoms with Gasteiger partial charge >= 0.3 is 0 Å². The molecule has 160 valence electrons. The lowest BCUT2D eigenvalue weighted by atomic mass is 10.0. The van der Waals surface area contributed by atoms with Crippen molar-refractivity contribution >= 4 is 28.8 Å². The number of rotatable bonds is 5. The summed E-state index contributed by atoms with van der Waals surface area (Å²) in [6, 6.07) is 12.4. The first kappa shape index (κ1) is 21.2. The highest BCUT2D eigenvalue weighted by molar-refractivity contribution is 5.97. The molecule has 3 aromatic heterocycles. The predicted molar refractivity (Wildman–Crippen MR) is 135 cm³/mol. The Labute approximate surface area is 187 Å². The molecule has 0 spiro atoms. The van der Waals surface area contributed by atoms with Crippen molar-refractivity contribution in [1.29, 1.82) is 0 Å². The van der Waals surface area contributed by atoms with Crippen LogP contribution in [-0.4, -0.2) is 25.9 Å². The molecule has 4 aromatic rings. The third kappa shape index (κ3) is 4.23. The zero-order valence-corrected chi connectivity index (χ0v) is 18.9. The lowest BCUT2D eigenvalue weighted by Crippen LogP contribution is -2.23. The number of hydrogen-bond donors (Lipinski definition) is 2. The molecule has 0 unspecified atom stereocenters. The van der Waals surface area contributed by atoms with Gasteiger partial charge in [0.2, 0.25) is 0 Å². The second-order valence-corrected chi connectivity index (χ2v) is 7.94. The topological polar surface area (TPSA) is 69.7 Å². The first-order chi connectivity index (χ1) is 15.5. The minimum Gasteiger partial charge on any atom is -0.353 e. The summed E-state index contributed by atoms with van der Waals surface area (Å²) in [5.74, 6) is 0. The van der Waals surface area contributed by atoms with E-state index in [0.29, 0.717) is 0 Å². The summed E-state index contributed by atoms with van der Waals surface area (Å²) in [5, 5.41) is 10.9. The summed E-state index contributed by atoms with van der Waals surface area (Å²) in [6.45, 7) is 12.2. The molecule has 2 N–H and O–H groups in total. The van der Waals surface area contributed by atoms with E-state index in [9.17, 15) is 0 Å². The Hall–Kier alpha value is -3.99. The monoisotopic (exact) mass is 421 g/mol. The minimum atomic E-state index is 0.857. The minimum absolute atomic E-state index is 0.857. The fraction of sp³-hybridized carbons (Fsp3) is 0.148. The molecule has 3 heterocycles. The van der Waals surface area contributed by atoms with Crippen LogP contribution < -0.4 is 10.6 Å². The molecule has 0 saturated heterocycles. The molecule has 0 saturated carbocycles. The number of allylic oxidation sites excluding steroid dienone is 2. The number of fused-ring (bicyclic) bond motifs is 1. The fourth-order valence-electron chi connectivity index (χ4n) is 3.59. The van der Waals surface area contributed by atoms with E-state index in [1.807, 2.05) is 52.2 Å². The SMILES string of the molecule is C=C(/C=c1/c(-c2cc3c(-c4cccnc4)cccc3[nH]2)n[nH]/c1=C/C)/C(C)=C/N=C(C)C. The first-order valence-electron chi connectivity index (χ1n) is 10.6. The van der Waals surface area contributed by atoms with Gasteiger partial charge in [-0.2, -0.15) is 5.10 Å². The largest absolute Gasteiger partial charge is 0.353 e. The Balaban J connectivity index is 1.86. The highest BCUT2D eigenvalue weighted by Crippen LogP contribution is 2.30. The van der Waals surface area contributed by atoms with E-state index in [-0.39, 0.29) is 0 Å². The maximum absolute atomic E-state index is 4.62. The Morgan fingerprint density at radius 3 is 2.69 bits per heavy atom. The first-order valence-corrected chi connectivity index (χ1v) is 10.6.